The van der Waals surface area contributed by atoms with Crippen LogP contribution in [0.5, 0.6) is 0 Å². The van der Waals surface area contributed by atoms with Crippen molar-refractivity contribution in [3.63, 3.8) is 0 Å². The van der Waals surface area contributed by atoms with Crippen LogP contribution in [0, 0.1) is 5.41 Å². The summed E-state index contributed by atoms with van der Waals surface area (Å²) in [6.45, 7) is 6.86. The van der Waals surface area contributed by atoms with Crippen molar-refractivity contribution < 1.29 is 0 Å². The monoisotopic (exact) mass is 245 g/mol. The van der Waals surface area contributed by atoms with Gasteiger partial charge in [0.05, 0.1) is 4.34 Å². The fraction of sp³-hybridized carbons (Fsp3) is 0.667. The quantitative estimate of drug-likeness (QED) is 0.828. The minimum absolute atomic E-state index is 0.325. The number of hydrogen-bond donors (Lipinski definition) is 1. The van der Waals surface area contributed by atoms with Crippen LogP contribution in [0.15, 0.2) is 12.1 Å². The Morgan fingerprint density at radius 2 is 2.13 bits per heavy atom. The Bertz CT molecular complexity index is 306. The zero-order valence-corrected chi connectivity index (χ0v) is 11.5. The van der Waals surface area contributed by atoms with E-state index in [1.165, 1.54) is 11.3 Å². The molecule has 86 valence electrons. The van der Waals surface area contributed by atoms with Crippen LogP contribution in [0.1, 0.15) is 32.1 Å². The van der Waals surface area contributed by atoms with Crippen LogP contribution in [0.25, 0.3) is 0 Å². The van der Waals surface area contributed by atoms with Gasteiger partial charge in [-0.1, -0.05) is 32.4 Å². The molecule has 0 amide bonds. The van der Waals surface area contributed by atoms with Gasteiger partial charge >= 0.3 is 0 Å². The summed E-state index contributed by atoms with van der Waals surface area (Å²) >= 11 is 7.62. The zero-order valence-electron chi connectivity index (χ0n) is 9.93. The summed E-state index contributed by atoms with van der Waals surface area (Å²) in [6, 6.07) is 4.62. The SMILES string of the molecule is CCC(C)(C)C(Cc1ccc(Cl)s1)NC. The number of thiophene rings is 1. The van der Waals surface area contributed by atoms with Gasteiger partial charge in [-0.3, -0.25) is 0 Å². The van der Waals surface area contributed by atoms with Gasteiger partial charge in [0.1, 0.15) is 0 Å². The number of halogens is 1. The number of rotatable bonds is 5. The molecule has 3 heteroatoms. The molecule has 1 heterocycles. The van der Waals surface area contributed by atoms with Crippen molar-refractivity contribution in [1.29, 1.82) is 0 Å². The van der Waals surface area contributed by atoms with Gasteiger partial charge in [0.15, 0.2) is 0 Å². The van der Waals surface area contributed by atoms with Crippen molar-refractivity contribution in [1.82, 2.24) is 5.32 Å². The highest BCUT2D eigenvalue weighted by molar-refractivity contribution is 7.16. The molecular formula is C12H20ClNS. The molecule has 1 unspecified atom stereocenters. The molecule has 0 bridgehead atoms. The second-order valence-electron chi connectivity index (χ2n) is 4.59. The highest BCUT2D eigenvalue weighted by Crippen LogP contribution is 2.30. The summed E-state index contributed by atoms with van der Waals surface area (Å²) in [5.74, 6) is 0. The highest BCUT2D eigenvalue weighted by Gasteiger charge is 2.26. The largest absolute Gasteiger partial charge is 0.316 e. The summed E-state index contributed by atoms with van der Waals surface area (Å²) in [5.41, 5.74) is 0.325. The first-order valence-electron chi connectivity index (χ1n) is 5.41. The second-order valence-corrected chi connectivity index (χ2v) is 6.39. The normalized spacial score (nSPS) is 14.2. The Balaban J connectivity index is 2.69. The first-order chi connectivity index (χ1) is 6.99. The molecule has 0 saturated heterocycles. The van der Waals surface area contributed by atoms with Gasteiger partial charge in [-0.2, -0.15) is 0 Å². The number of nitrogens with one attached hydrogen (secondary N) is 1. The van der Waals surface area contributed by atoms with E-state index in [-0.39, 0.29) is 0 Å². The van der Waals surface area contributed by atoms with Crippen LogP contribution in [0.2, 0.25) is 4.34 Å². The Morgan fingerprint density at radius 3 is 2.53 bits per heavy atom. The van der Waals surface area contributed by atoms with Gasteiger partial charge in [-0.15, -0.1) is 11.3 Å². The van der Waals surface area contributed by atoms with Crippen LogP contribution in [-0.4, -0.2) is 13.1 Å². The number of likely N-dealkylation sites (N-methyl/N-ethyl adjacent to an activating group) is 1. The molecule has 0 fully saturated rings. The van der Waals surface area contributed by atoms with Gasteiger partial charge < -0.3 is 5.32 Å². The lowest BCUT2D eigenvalue weighted by Gasteiger charge is -2.33. The van der Waals surface area contributed by atoms with Crippen molar-refractivity contribution >= 4 is 22.9 Å². The zero-order chi connectivity index (χ0) is 11.5. The van der Waals surface area contributed by atoms with E-state index in [2.05, 4.69) is 32.2 Å². The lowest BCUT2D eigenvalue weighted by molar-refractivity contribution is 0.241. The van der Waals surface area contributed by atoms with Gasteiger partial charge in [-0.05, 0) is 37.4 Å². The van der Waals surface area contributed by atoms with Crippen LogP contribution in [0.3, 0.4) is 0 Å². The Kier molecular flexibility index (Phi) is 4.63. The number of hydrogen-bond acceptors (Lipinski definition) is 2. The minimum Gasteiger partial charge on any atom is -0.316 e. The maximum atomic E-state index is 5.93. The van der Waals surface area contributed by atoms with E-state index >= 15 is 0 Å². The van der Waals surface area contributed by atoms with Crippen molar-refractivity contribution in [2.45, 2.75) is 39.7 Å². The fourth-order valence-electron chi connectivity index (χ4n) is 1.68. The maximum Gasteiger partial charge on any atom is 0.0931 e. The topological polar surface area (TPSA) is 12.0 Å². The molecule has 1 nitrogen and oxygen atoms in total. The van der Waals surface area contributed by atoms with Crippen LogP contribution in [-0.2, 0) is 6.42 Å². The van der Waals surface area contributed by atoms with E-state index in [9.17, 15) is 0 Å². The molecule has 0 saturated carbocycles. The Morgan fingerprint density at radius 1 is 1.47 bits per heavy atom. The first kappa shape index (κ1) is 13.0. The van der Waals surface area contributed by atoms with Crippen molar-refractivity contribution in [2.24, 2.45) is 5.41 Å². The first-order valence-corrected chi connectivity index (χ1v) is 6.60. The average Bonchev–Trinajstić information content (AvgIpc) is 2.60. The van der Waals surface area contributed by atoms with Crippen LogP contribution >= 0.6 is 22.9 Å². The maximum absolute atomic E-state index is 5.93. The summed E-state index contributed by atoms with van der Waals surface area (Å²) < 4.78 is 0.883. The molecule has 0 aliphatic rings. The Labute approximate surface area is 102 Å². The van der Waals surface area contributed by atoms with Gasteiger partial charge in [0.25, 0.3) is 0 Å². The summed E-state index contributed by atoms with van der Waals surface area (Å²) in [7, 11) is 2.04. The van der Waals surface area contributed by atoms with Gasteiger partial charge in [0, 0.05) is 10.9 Å². The van der Waals surface area contributed by atoms with Gasteiger partial charge in [0.2, 0.25) is 0 Å². The fourth-order valence-corrected chi connectivity index (χ4v) is 2.81. The predicted octanol–water partition coefficient (Wildman–Crippen LogP) is 3.97. The third-order valence-corrected chi connectivity index (χ3v) is 4.49. The Hall–Kier alpha value is -0.0500. The molecule has 1 aromatic heterocycles. The van der Waals surface area contributed by atoms with E-state index in [1.54, 1.807) is 11.3 Å². The summed E-state index contributed by atoms with van der Waals surface area (Å²) in [6.07, 6.45) is 2.24. The molecule has 0 aromatic carbocycles. The minimum atomic E-state index is 0.325. The third-order valence-electron chi connectivity index (χ3n) is 3.24. The highest BCUT2D eigenvalue weighted by atomic mass is 35.5. The molecule has 1 atom stereocenters. The van der Waals surface area contributed by atoms with E-state index in [1.807, 2.05) is 13.1 Å². The van der Waals surface area contributed by atoms with Crippen LogP contribution < -0.4 is 5.32 Å². The molecule has 15 heavy (non-hydrogen) atoms. The standard InChI is InChI=1S/C12H20ClNS/c1-5-12(2,3)10(14-4)8-9-6-7-11(13)15-9/h6-7,10,14H,5,8H2,1-4H3. The molecule has 1 N–H and O–H groups in total. The van der Waals surface area contributed by atoms with Crippen molar-refractivity contribution in [3.8, 4) is 0 Å². The van der Waals surface area contributed by atoms with Gasteiger partial charge in [-0.25, -0.2) is 0 Å². The smallest absolute Gasteiger partial charge is 0.0931 e. The van der Waals surface area contributed by atoms with E-state index < -0.39 is 0 Å². The predicted molar refractivity (Wildman–Crippen MR) is 70.0 cm³/mol. The molecule has 0 aliphatic heterocycles. The molecule has 0 radical (unpaired) electrons. The van der Waals surface area contributed by atoms with E-state index in [4.69, 9.17) is 11.6 Å². The van der Waals surface area contributed by atoms with E-state index in [0.29, 0.717) is 11.5 Å². The second kappa shape index (κ2) is 5.33. The molecule has 0 spiro atoms. The molecular weight excluding hydrogens is 226 g/mol. The van der Waals surface area contributed by atoms with E-state index in [0.717, 1.165) is 10.8 Å². The van der Waals surface area contributed by atoms with Crippen LogP contribution in [0.4, 0.5) is 0 Å². The lowest BCUT2D eigenvalue weighted by atomic mass is 9.80. The summed E-state index contributed by atoms with van der Waals surface area (Å²) in [5, 5.41) is 3.41. The molecule has 1 aromatic rings. The summed E-state index contributed by atoms with van der Waals surface area (Å²) in [4.78, 5) is 1.36. The molecule has 0 aliphatic carbocycles. The van der Waals surface area contributed by atoms with Crippen molar-refractivity contribution in [3.05, 3.63) is 21.3 Å². The third kappa shape index (κ3) is 3.47. The average molecular weight is 246 g/mol. The lowest BCUT2D eigenvalue weighted by Crippen LogP contribution is -2.41. The van der Waals surface area contributed by atoms with Crippen molar-refractivity contribution in [2.75, 3.05) is 7.05 Å². The molecule has 1 rings (SSSR count).